The average Bonchev–Trinajstić information content (AvgIpc) is 2.58. The molecule has 0 saturated heterocycles. The topological polar surface area (TPSA) is 40.2 Å². The van der Waals surface area contributed by atoms with E-state index in [4.69, 9.17) is 4.84 Å². The lowest BCUT2D eigenvalue weighted by Gasteiger charge is -2.25. The predicted molar refractivity (Wildman–Crippen MR) is 52.0 cm³/mol. The number of fused-ring (bicyclic) bond motifs is 1. The number of nitrogens with zero attached hydrogens (tertiary/aromatic N) is 4. The normalized spacial score (nSPS) is 30.0. The zero-order chi connectivity index (χ0) is 9.97. The number of hydrogen-bond acceptors (Lipinski definition) is 4. The summed E-state index contributed by atoms with van der Waals surface area (Å²) in [4.78, 5) is 5.41. The Bertz CT molecular complexity index is 260. The smallest absolute Gasteiger partial charge is 0.304 e. The molecule has 2 atom stereocenters. The Morgan fingerprint density at radius 2 is 2.14 bits per heavy atom. The fraction of sp³-hybridized carbons (Fsp3) is 0.889. The third-order valence-electron chi connectivity index (χ3n) is 2.63. The lowest BCUT2D eigenvalue weighted by Crippen LogP contribution is -2.37. The van der Waals surface area contributed by atoms with Crippen molar-refractivity contribution in [3.05, 3.63) is 0 Å². The van der Waals surface area contributed by atoms with Crippen molar-refractivity contribution in [3.8, 4) is 0 Å². The summed E-state index contributed by atoms with van der Waals surface area (Å²) in [5, 5.41) is 9.88. The Labute approximate surface area is 84.0 Å². The summed E-state index contributed by atoms with van der Waals surface area (Å²) in [6.45, 7) is 0. The molecule has 1 saturated carbocycles. The van der Waals surface area contributed by atoms with Gasteiger partial charge < -0.3 is 4.84 Å². The molecule has 5 nitrogen and oxygen atoms in total. The van der Waals surface area contributed by atoms with Gasteiger partial charge in [-0.05, 0) is 18.1 Å². The minimum absolute atomic E-state index is 0.360. The fourth-order valence-electron chi connectivity index (χ4n) is 1.91. The van der Waals surface area contributed by atoms with Gasteiger partial charge in [-0.15, -0.1) is 0 Å². The van der Waals surface area contributed by atoms with Crippen molar-refractivity contribution in [2.24, 2.45) is 10.3 Å². The van der Waals surface area contributed by atoms with Crippen LogP contribution in [0.5, 0.6) is 0 Å². The lowest BCUT2D eigenvalue weighted by molar-refractivity contribution is -0.473. The zero-order valence-electron chi connectivity index (χ0n) is 8.76. The second-order valence-corrected chi connectivity index (χ2v) is 4.10. The van der Waals surface area contributed by atoms with Crippen LogP contribution in [0.15, 0.2) is 10.3 Å². The maximum atomic E-state index is 5.41. The van der Waals surface area contributed by atoms with Crippen LogP contribution in [0.1, 0.15) is 25.7 Å². The van der Waals surface area contributed by atoms with Gasteiger partial charge >= 0.3 is 6.40 Å². The summed E-state index contributed by atoms with van der Waals surface area (Å²) in [7, 11) is 3.84. The van der Waals surface area contributed by atoms with E-state index >= 15 is 0 Å². The van der Waals surface area contributed by atoms with Crippen molar-refractivity contribution < 1.29 is 9.41 Å². The van der Waals surface area contributed by atoms with E-state index in [1.165, 1.54) is 12.8 Å². The van der Waals surface area contributed by atoms with Crippen LogP contribution >= 0.6 is 0 Å². The van der Waals surface area contributed by atoms with Crippen LogP contribution in [-0.4, -0.2) is 42.3 Å². The second-order valence-electron chi connectivity index (χ2n) is 4.10. The standard InChI is InChI=1S/C9H17N4O/c1-12(2)7-14-13-9-6-4-3-5-8(9)10-11-13/h7-9H,3-6H2,1-2H3/q+1. The highest BCUT2D eigenvalue weighted by Gasteiger charge is 2.36. The molecule has 1 aliphatic heterocycles. The molecule has 0 spiro atoms. The number of hydrogen-bond donors (Lipinski definition) is 0. The van der Waals surface area contributed by atoms with Crippen LogP contribution in [0.2, 0.25) is 0 Å². The molecule has 0 N–H and O–H groups in total. The molecule has 0 aromatic carbocycles. The molecule has 2 aliphatic rings. The summed E-state index contributed by atoms with van der Waals surface area (Å²) >= 11 is 0. The second kappa shape index (κ2) is 3.94. The SMILES string of the molecule is C[N+](C)=CON1N=NC2CCCCC21. The quantitative estimate of drug-likeness (QED) is 0.379. The minimum atomic E-state index is 0.360. The first-order valence-electron chi connectivity index (χ1n) is 5.14. The summed E-state index contributed by atoms with van der Waals surface area (Å²) in [6.07, 6.45) is 6.46. The summed E-state index contributed by atoms with van der Waals surface area (Å²) in [5.74, 6) is 0. The molecule has 2 rings (SSSR count). The fourth-order valence-corrected chi connectivity index (χ4v) is 1.91. The third kappa shape index (κ3) is 1.86. The van der Waals surface area contributed by atoms with Crippen molar-refractivity contribution in [1.29, 1.82) is 0 Å². The van der Waals surface area contributed by atoms with Crippen LogP contribution in [0.3, 0.4) is 0 Å². The Morgan fingerprint density at radius 3 is 2.93 bits per heavy atom. The van der Waals surface area contributed by atoms with E-state index in [0.29, 0.717) is 12.1 Å². The zero-order valence-corrected chi connectivity index (χ0v) is 8.76. The molecule has 5 heteroatoms. The summed E-state index contributed by atoms with van der Waals surface area (Å²) in [5.41, 5.74) is 0. The van der Waals surface area contributed by atoms with Gasteiger partial charge in [0.25, 0.3) is 0 Å². The molecule has 0 amide bonds. The van der Waals surface area contributed by atoms with E-state index in [0.717, 1.165) is 12.8 Å². The van der Waals surface area contributed by atoms with Crippen LogP contribution in [0.25, 0.3) is 0 Å². The van der Waals surface area contributed by atoms with Crippen molar-refractivity contribution in [3.63, 3.8) is 0 Å². The minimum Gasteiger partial charge on any atom is -0.304 e. The van der Waals surface area contributed by atoms with Gasteiger partial charge in [-0.3, -0.25) is 0 Å². The molecular weight excluding hydrogens is 180 g/mol. The predicted octanol–water partition coefficient (Wildman–Crippen LogP) is 1.21. The first kappa shape index (κ1) is 9.43. The molecule has 2 unspecified atom stereocenters. The molecule has 0 aromatic heterocycles. The largest absolute Gasteiger partial charge is 0.350 e. The van der Waals surface area contributed by atoms with E-state index in [2.05, 4.69) is 10.3 Å². The number of rotatable bonds is 2. The average molecular weight is 197 g/mol. The van der Waals surface area contributed by atoms with Gasteiger partial charge in [-0.1, -0.05) is 18.0 Å². The van der Waals surface area contributed by atoms with Crippen molar-refractivity contribution in [2.75, 3.05) is 14.1 Å². The monoisotopic (exact) mass is 197 g/mol. The van der Waals surface area contributed by atoms with E-state index in [-0.39, 0.29) is 0 Å². The van der Waals surface area contributed by atoms with Crippen LogP contribution in [0, 0.1) is 0 Å². The Kier molecular flexibility index (Phi) is 2.65. The van der Waals surface area contributed by atoms with E-state index in [9.17, 15) is 0 Å². The highest BCUT2D eigenvalue weighted by molar-refractivity contribution is 5.38. The Hall–Kier alpha value is -1.13. The Morgan fingerprint density at radius 1 is 1.36 bits per heavy atom. The van der Waals surface area contributed by atoms with E-state index in [1.54, 1.807) is 11.6 Å². The van der Waals surface area contributed by atoms with Crippen molar-refractivity contribution in [2.45, 2.75) is 37.8 Å². The van der Waals surface area contributed by atoms with Gasteiger partial charge in [-0.2, -0.15) is 5.11 Å². The lowest BCUT2D eigenvalue weighted by atomic mass is 9.92. The molecule has 1 aliphatic carbocycles. The number of hydroxylamine groups is 1. The molecule has 78 valence electrons. The van der Waals surface area contributed by atoms with E-state index in [1.807, 2.05) is 18.7 Å². The van der Waals surface area contributed by atoms with Gasteiger partial charge in [-0.25, -0.2) is 4.58 Å². The van der Waals surface area contributed by atoms with Crippen LogP contribution in [-0.2, 0) is 4.84 Å². The maximum Gasteiger partial charge on any atom is 0.350 e. The highest BCUT2D eigenvalue weighted by atomic mass is 16.7. The molecule has 14 heavy (non-hydrogen) atoms. The van der Waals surface area contributed by atoms with Gasteiger partial charge in [0.05, 0.1) is 6.04 Å². The van der Waals surface area contributed by atoms with Gasteiger partial charge in [0.2, 0.25) is 0 Å². The Balaban J connectivity index is 1.94. The first-order chi connectivity index (χ1) is 6.77. The molecule has 1 fully saturated rings. The molecule has 0 bridgehead atoms. The van der Waals surface area contributed by atoms with E-state index < -0.39 is 0 Å². The first-order valence-corrected chi connectivity index (χ1v) is 5.14. The van der Waals surface area contributed by atoms with Crippen molar-refractivity contribution in [1.82, 2.24) is 5.17 Å². The van der Waals surface area contributed by atoms with Gasteiger partial charge in [0.15, 0.2) is 0 Å². The molecular formula is C9H17N4O+. The molecule has 1 heterocycles. The van der Waals surface area contributed by atoms with Gasteiger partial charge in [0.1, 0.15) is 20.1 Å². The van der Waals surface area contributed by atoms with Crippen molar-refractivity contribution >= 4 is 6.40 Å². The third-order valence-corrected chi connectivity index (χ3v) is 2.63. The molecule has 0 radical (unpaired) electrons. The van der Waals surface area contributed by atoms with Crippen LogP contribution in [0.4, 0.5) is 0 Å². The van der Waals surface area contributed by atoms with Gasteiger partial charge in [0, 0.05) is 0 Å². The summed E-state index contributed by atoms with van der Waals surface area (Å²) in [6, 6.07) is 0.722. The highest BCUT2D eigenvalue weighted by Crippen LogP contribution is 2.30. The summed E-state index contributed by atoms with van der Waals surface area (Å²) < 4.78 is 1.85. The van der Waals surface area contributed by atoms with Crippen LogP contribution < -0.4 is 0 Å². The molecule has 0 aromatic rings. The maximum absolute atomic E-state index is 5.41.